The van der Waals surface area contributed by atoms with Crippen molar-refractivity contribution in [1.29, 1.82) is 0 Å². The molecule has 5 nitrogen and oxygen atoms in total. The predicted octanol–water partition coefficient (Wildman–Crippen LogP) is 4.61. The van der Waals surface area contributed by atoms with Crippen molar-refractivity contribution in [3.05, 3.63) is 59.7 Å². The molecule has 0 spiro atoms. The molecule has 0 aliphatic heterocycles. The van der Waals surface area contributed by atoms with E-state index in [0.717, 1.165) is 22.9 Å². The van der Waals surface area contributed by atoms with Crippen molar-refractivity contribution in [2.75, 3.05) is 7.11 Å². The fraction of sp³-hybridized carbons (Fsp3) is 0.238. The molecule has 0 aromatic heterocycles. The maximum atomic E-state index is 12.2. The summed E-state index contributed by atoms with van der Waals surface area (Å²) in [4.78, 5) is 24.0. The summed E-state index contributed by atoms with van der Waals surface area (Å²) in [5.74, 6) is 0.798. The number of hydrogen-bond acceptors (Lipinski definition) is 5. The van der Waals surface area contributed by atoms with E-state index in [0.29, 0.717) is 22.5 Å². The molecule has 2 unspecified atom stereocenters. The second kappa shape index (κ2) is 6.02. The number of methoxy groups -OCH3 is 1. The standard InChI is InChI=1S/C21H18O5/c1-11(2)20(22)25-18-14-6-4-5-7-15(14)19(26-21(23)24-3)17-13-9-8-12(10-13)16(17)18/h4-9,12-13H,1,10H2,2-3H3. The van der Waals surface area contributed by atoms with Gasteiger partial charge in [-0.15, -0.1) is 0 Å². The molecule has 2 atom stereocenters. The minimum Gasteiger partial charge on any atom is -0.437 e. The van der Waals surface area contributed by atoms with Crippen LogP contribution in [0.25, 0.3) is 10.8 Å². The van der Waals surface area contributed by atoms with Crippen molar-refractivity contribution in [2.45, 2.75) is 25.2 Å². The molecule has 5 heteroatoms. The van der Waals surface area contributed by atoms with Gasteiger partial charge in [0.2, 0.25) is 0 Å². The molecule has 2 aromatic carbocycles. The van der Waals surface area contributed by atoms with Crippen LogP contribution in [0.3, 0.4) is 0 Å². The summed E-state index contributed by atoms with van der Waals surface area (Å²) in [6.45, 7) is 5.28. The number of ether oxygens (including phenoxy) is 3. The van der Waals surface area contributed by atoms with Crippen LogP contribution >= 0.6 is 0 Å². The number of carbonyl (C=O) groups is 2. The lowest BCUT2D eigenvalue weighted by Crippen LogP contribution is -2.14. The highest BCUT2D eigenvalue weighted by Crippen LogP contribution is 2.58. The molecule has 0 saturated heterocycles. The average molecular weight is 350 g/mol. The molecule has 2 aliphatic carbocycles. The number of benzene rings is 2. The van der Waals surface area contributed by atoms with E-state index in [4.69, 9.17) is 14.2 Å². The Morgan fingerprint density at radius 2 is 1.54 bits per heavy atom. The van der Waals surface area contributed by atoms with Crippen LogP contribution in [0, 0.1) is 0 Å². The van der Waals surface area contributed by atoms with Crippen LogP contribution in [0.1, 0.15) is 36.3 Å². The number of hydrogen-bond donors (Lipinski definition) is 0. The molecule has 0 radical (unpaired) electrons. The fourth-order valence-corrected chi connectivity index (χ4v) is 3.80. The van der Waals surface area contributed by atoms with Gasteiger partial charge in [0.15, 0.2) is 0 Å². The molecule has 2 bridgehead atoms. The van der Waals surface area contributed by atoms with Gasteiger partial charge in [-0.2, -0.15) is 0 Å². The van der Waals surface area contributed by atoms with Crippen molar-refractivity contribution >= 4 is 22.9 Å². The Bertz CT molecular complexity index is 986. The quantitative estimate of drug-likeness (QED) is 0.266. The van der Waals surface area contributed by atoms with E-state index in [9.17, 15) is 9.59 Å². The van der Waals surface area contributed by atoms with Gasteiger partial charge >= 0.3 is 12.1 Å². The molecule has 0 fully saturated rings. The van der Waals surface area contributed by atoms with Crippen molar-refractivity contribution in [3.63, 3.8) is 0 Å². The molecular formula is C21H18O5. The van der Waals surface area contributed by atoms with E-state index in [2.05, 4.69) is 18.7 Å². The van der Waals surface area contributed by atoms with Gasteiger partial charge in [-0.05, 0) is 13.3 Å². The maximum Gasteiger partial charge on any atom is 0.513 e. The molecule has 0 N–H and O–H groups in total. The second-order valence-corrected chi connectivity index (χ2v) is 6.59. The summed E-state index contributed by atoms with van der Waals surface area (Å²) in [6, 6.07) is 7.42. The average Bonchev–Trinajstić information content (AvgIpc) is 3.25. The highest BCUT2D eigenvalue weighted by molar-refractivity contribution is 6.01. The van der Waals surface area contributed by atoms with Crippen LogP contribution in [-0.4, -0.2) is 19.2 Å². The van der Waals surface area contributed by atoms with Crippen molar-refractivity contribution in [2.24, 2.45) is 0 Å². The number of allylic oxidation sites excluding steroid dienone is 2. The van der Waals surface area contributed by atoms with Gasteiger partial charge in [0.25, 0.3) is 0 Å². The first-order valence-electron chi connectivity index (χ1n) is 8.41. The Balaban J connectivity index is 2.00. The third kappa shape index (κ3) is 2.39. The molecule has 0 saturated carbocycles. The first kappa shape index (κ1) is 16.4. The fourth-order valence-electron chi connectivity index (χ4n) is 3.80. The van der Waals surface area contributed by atoms with Gasteiger partial charge in [-0.25, -0.2) is 9.59 Å². The van der Waals surface area contributed by atoms with Crippen LogP contribution in [0.5, 0.6) is 11.5 Å². The van der Waals surface area contributed by atoms with E-state index < -0.39 is 12.1 Å². The smallest absolute Gasteiger partial charge is 0.437 e. The van der Waals surface area contributed by atoms with Gasteiger partial charge in [0.1, 0.15) is 11.5 Å². The van der Waals surface area contributed by atoms with Gasteiger partial charge in [0.05, 0.1) is 7.11 Å². The van der Waals surface area contributed by atoms with Gasteiger partial charge in [0, 0.05) is 39.3 Å². The number of fused-ring (bicyclic) bond motifs is 6. The van der Waals surface area contributed by atoms with Crippen LogP contribution in [0.4, 0.5) is 4.79 Å². The van der Waals surface area contributed by atoms with Crippen LogP contribution < -0.4 is 9.47 Å². The Hall–Kier alpha value is -3.08. The molecule has 2 aliphatic rings. The normalized spacial score (nSPS) is 19.3. The minimum absolute atomic E-state index is 0.126. The molecule has 26 heavy (non-hydrogen) atoms. The van der Waals surface area contributed by atoms with Gasteiger partial charge < -0.3 is 14.2 Å². The summed E-state index contributed by atoms with van der Waals surface area (Å²) in [5.41, 5.74) is 2.13. The monoisotopic (exact) mass is 350 g/mol. The van der Waals surface area contributed by atoms with Gasteiger partial charge in [-0.1, -0.05) is 43.0 Å². The van der Waals surface area contributed by atoms with E-state index in [1.165, 1.54) is 7.11 Å². The van der Waals surface area contributed by atoms with Crippen LogP contribution in [0.15, 0.2) is 48.6 Å². The molecular weight excluding hydrogens is 332 g/mol. The predicted molar refractivity (Wildman–Crippen MR) is 96.7 cm³/mol. The van der Waals surface area contributed by atoms with E-state index in [-0.39, 0.29) is 11.8 Å². The lowest BCUT2D eigenvalue weighted by atomic mass is 9.90. The Labute approximate surface area is 150 Å². The van der Waals surface area contributed by atoms with Crippen LogP contribution in [0.2, 0.25) is 0 Å². The van der Waals surface area contributed by atoms with E-state index in [1.807, 2.05) is 24.3 Å². The van der Waals surface area contributed by atoms with E-state index in [1.54, 1.807) is 6.92 Å². The third-order valence-electron chi connectivity index (χ3n) is 4.92. The topological polar surface area (TPSA) is 61.8 Å². The highest BCUT2D eigenvalue weighted by Gasteiger charge is 2.40. The largest absolute Gasteiger partial charge is 0.513 e. The second-order valence-electron chi connectivity index (χ2n) is 6.59. The Morgan fingerprint density at radius 3 is 2.04 bits per heavy atom. The maximum absolute atomic E-state index is 12.2. The summed E-state index contributed by atoms with van der Waals surface area (Å²) in [7, 11) is 1.28. The summed E-state index contributed by atoms with van der Waals surface area (Å²) < 4.78 is 15.9. The number of carbonyl (C=O) groups excluding carboxylic acids is 2. The van der Waals surface area contributed by atoms with Crippen molar-refractivity contribution in [3.8, 4) is 11.5 Å². The summed E-state index contributed by atoms with van der Waals surface area (Å²) in [5, 5.41) is 1.43. The van der Waals surface area contributed by atoms with Crippen LogP contribution in [-0.2, 0) is 9.53 Å². The zero-order valence-corrected chi connectivity index (χ0v) is 14.6. The number of rotatable bonds is 3. The third-order valence-corrected chi connectivity index (χ3v) is 4.92. The Morgan fingerprint density at radius 1 is 1.00 bits per heavy atom. The lowest BCUT2D eigenvalue weighted by molar-refractivity contribution is -0.130. The van der Waals surface area contributed by atoms with Crippen molar-refractivity contribution in [1.82, 2.24) is 0 Å². The Kier molecular flexibility index (Phi) is 3.80. The number of esters is 1. The van der Waals surface area contributed by atoms with Crippen molar-refractivity contribution < 1.29 is 23.8 Å². The molecule has 0 heterocycles. The first-order valence-corrected chi connectivity index (χ1v) is 8.41. The highest BCUT2D eigenvalue weighted by atomic mass is 16.7. The SMILES string of the molecule is C=C(C)C(=O)Oc1c2c(c(OC(=O)OC)c3ccccc13)C1C=CC2C1. The first-order chi connectivity index (χ1) is 12.5. The summed E-state index contributed by atoms with van der Waals surface area (Å²) in [6.07, 6.45) is 4.33. The molecule has 4 rings (SSSR count). The lowest BCUT2D eigenvalue weighted by Gasteiger charge is -2.21. The molecule has 2 aromatic rings. The summed E-state index contributed by atoms with van der Waals surface area (Å²) >= 11 is 0. The molecule has 0 amide bonds. The zero-order chi connectivity index (χ0) is 18.4. The molecule has 132 valence electrons. The van der Waals surface area contributed by atoms with Gasteiger partial charge in [-0.3, -0.25) is 0 Å². The van der Waals surface area contributed by atoms with E-state index >= 15 is 0 Å². The minimum atomic E-state index is -0.768. The zero-order valence-electron chi connectivity index (χ0n) is 14.6.